The Morgan fingerprint density at radius 1 is 0.923 bits per heavy atom. The van der Waals surface area contributed by atoms with E-state index in [2.05, 4.69) is 10.6 Å². The topological polar surface area (TPSA) is 58.2 Å². The smallest absolute Gasteiger partial charge is 0.228 e. The highest BCUT2D eigenvalue weighted by atomic mass is 19.1. The van der Waals surface area contributed by atoms with Gasteiger partial charge in [-0.05, 0) is 42.5 Å². The maximum atomic E-state index is 13.6. The molecule has 1 fully saturated rings. The molecule has 0 radical (unpaired) electrons. The van der Waals surface area contributed by atoms with Gasteiger partial charge in [-0.2, -0.15) is 0 Å². The van der Waals surface area contributed by atoms with Crippen molar-refractivity contribution in [3.05, 3.63) is 59.4 Å². The molecule has 4 nitrogen and oxygen atoms in total. The number of anilines is 2. The van der Waals surface area contributed by atoms with E-state index in [-0.39, 0.29) is 23.4 Å². The normalized spacial score (nSPS) is 18.3. The number of aryl methyl sites for hydroxylation is 2. The highest BCUT2D eigenvalue weighted by molar-refractivity contribution is 6.03. The first-order valence-corrected chi connectivity index (χ1v) is 9.02. The summed E-state index contributed by atoms with van der Waals surface area (Å²) in [6.45, 7) is 4.10. The lowest BCUT2D eigenvalue weighted by Crippen LogP contribution is -2.22. The van der Waals surface area contributed by atoms with Gasteiger partial charge >= 0.3 is 0 Å². The van der Waals surface area contributed by atoms with Crippen LogP contribution in [0.25, 0.3) is 0 Å². The van der Waals surface area contributed by atoms with Gasteiger partial charge in [0, 0.05) is 5.69 Å². The van der Waals surface area contributed by atoms with Gasteiger partial charge in [0.15, 0.2) is 0 Å². The van der Waals surface area contributed by atoms with Gasteiger partial charge in [-0.25, -0.2) is 4.39 Å². The fraction of sp³-hybridized carbons (Fsp3) is 0.333. The van der Waals surface area contributed by atoms with E-state index in [1.54, 1.807) is 12.1 Å². The summed E-state index contributed by atoms with van der Waals surface area (Å²) in [5.74, 6) is -1.71. The molecular weight excluding hydrogens is 331 g/mol. The number of para-hydroxylation sites is 2. The largest absolute Gasteiger partial charge is 0.325 e. The molecule has 0 aliphatic heterocycles. The Labute approximate surface area is 152 Å². The van der Waals surface area contributed by atoms with Gasteiger partial charge in [0.1, 0.15) is 5.82 Å². The third-order valence-electron chi connectivity index (χ3n) is 4.84. The van der Waals surface area contributed by atoms with Gasteiger partial charge in [0.2, 0.25) is 11.8 Å². The molecule has 0 spiro atoms. The summed E-state index contributed by atoms with van der Waals surface area (Å²) in [7, 11) is 0. The van der Waals surface area contributed by atoms with Crippen LogP contribution in [0.3, 0.4) is 0 Å². The zero-order chi connectivity index (χ0) is 18.7. The first-order valence-electron chi connectivity index (χ1n) is 9.02. The average molecular weight is 354 g/mol. The Balaban J connectivity index is 1.65. The van der Waals surface area contributed by atoms with Crippen LogP contribution in [-0.4, -0.2) is 11.8 Å². The molecule has 0 bridgehead atoms. The van der Waals surface area contributed by atoms with Crippen LogP contribution in [0.4, 0.5) is 15.8 Å². The first-order chi connectivity index (χ1) is 12.5. The van der Waals surface area contributed by atoms with E-state index in [1.807, 2.05) is 32.0 Å². The van der Waals surface area contributed by atoms with Gasteiger partial charge in [-0.15, -0.1) is 0 Å². The number of carbonyl (C=O) groups is 2. The fourth-order valence-corrected chi connectivity index (χ4v) is 3.18. The average Bonchev–Trinajstić information content (AvgIpc) is 3.45. The monoisotopic (exact) mass is 354 g/mol. The van der Waals surface area contributed by atoms with Crippen molar-refractivity contribution in [3.8, 4) is 0 Å². The minimum atomic E-state index is -0.480. The number of rotatable bonds is 6. The van der Waals surface area contributed by atoms with Gasteiger partial charge in [-0.1, -0.05) is 44.2 Å². The second-order valence-electron chi connectivity index (χ2n) is 6.57. The molecule has 0 saturated heterocycles. The van der Waals surface area contributed by atoms with Gasteiger partial charge < -0.3 is 10.6 Å². The standard InChI is InChI=1S/C21H23FN2O2/c1-3-13-8-7-9-14(4-2)19(13)24-21(26)16-12-15(16)20(25)23-18-11-6-5-10-17(18)22/h5-11,15-16H,3-4,12H2,1-2H3,(H,23,25)(H,24,26). The first kappa shape index (κ1) is 18.1. The Hall–Kier alpha value is -2.69. The second-order valence-corrected chi connectivity index (χ2v) is 6.57. The number of hydrogen-bond acceptors (Lipinski definition) is 2. The highest BCUT2D eigenvalue weighted by Crippen LogP contribution is 2.41. The summed E-state index contributed by atoms with van der Waals surface area (Å²) in [5, 5.41) is 5.58. The molecule has 0 heterocycles. The lowest BCUT2D eigenvalue weighted by molar-refractivity contribution is -0.122. The van der Waals surface area contributed by atoms with Crippen molar-refractivity contribution in [2.75, 3.05) is 10.6 Å². The molecule has 1 aliphatic carbocycles. The van der Waals surface area contributed by atoms with Crippen LogP contribution >= 0.6 is 0 Å². The number of benzene rings is 2. The van der Waals surface area contributed by atoms with Crippen LogP contribution in [0.2, 0.25) is 0 Å². The van der Waals surface area contributed by atoms with Crippen molar-refractivity contribution in [1.82, 2.24) is 0 Å². The Kier molecular flexibility index (Phi) is 5.35. The highest BCUT2D eigenvalue weighted by Gasteiger charge is 2.48. The van der Waals surface area contributed by atoms with E-state index in [1.165, 1.54) is 12.1 Å². The van der Waals surface area contributed by atoms with Crippen molar-refractivity contribution < 1.29 is 14.0 Å². The molecule has 2 N–H and O–H groups in total. The summed E-state index contributed by atoms with van der Waals surface area (Å²) >= 11 is 0. The van der Waals surface area contributed by atoms with E-state index in [4.69, 9.17) is 0 Å². The molecule has 136 valence electrons. The van der Waals surface area contributed by atoms with Crippen molar-refractivity contribution in [2.45, 2.75) is 33.1 Å². The SMILES string of the molecule is CCc1cccc(CC)c1NC(=O)C1CC1C(=O)Nc1ccccc1F. The molecule has 2 unspecified atom stereocenters. The molecule has 1 aliphatic rings. The summed E-state index contributed by atoms with van der Waals surface area (Å²) < 4.78 is 13.6. The fourth-order valence-electron chi connectivity index (χ4n) is 3.18. The van der Waals surface area contributed by atoms with E-state index >= 15 is 0 Å². The molecule has 0 aromatic heterocycles. The van der Waals surface area contributed by atoms with Crippen molar-refractivity contribution in [1.29, 1.82) is 0 Å². The quantitative estimate of drug-likeness (QED) is 0.818. The number of amides is 2. The second kappa shape index (κ2) is 7.68. The molecule has 2 aromatic carbocycles. The van der Waals surface area contributed by atoms with Crippen LogP contribution in [0.1, 0.15) is 31.4 Å². The van der Waals surface area contributed by atoms with Gasteiger partial charge in [0.25, 0.3) is 0 Å². The number of carbonyl (C=O) groups excluding carboxylic acids is 2. The lowest BCUT2D eigenvalue weighted by atomic mass is 10.0. The van der Waals surface area contributed by atoms with Crippen molar-refractivity contribution in [2.24, 2.45) is 11.8 Å². The molecule has 1 saturated carbocycles. The minimum absolute atomic E-state index is 0.144. The molecule has 2 aromatic rings. The minimum Gasteiger partial charge on any atom is -0.325 e. The Morgan fingerprint density at radius 2 is 1.50 bits per heavy atom. The van der Waals surface area contributed by atoms with Crippen LogP contribution < -0.4 is 10.6 Å². The summed E-state index contributed by atoms with van der Waals surface area (Å²) in [6, 6.07) is 12.0. The predicted molar refractivity (Wildman–Crippen MR) is 100 cm³/mol. The maximum Gasteiger partial charge on any atom is 0.228 e. The van der Waals surface area contributed by atoms with E-state index < -0.39 is 11.7 Å². The summed E-state index contributed by atoms with van der Waals surface area (Å²) in [6.07, 6.45) is 2.14. The van der Waals surface area contributed by atoms with Gasteiger partial charge in [-0.3, -0.25) is 9.59 Å². The van der Waals surface area contributed by atoms with E-state index in [9.17, 15) is 14.0 Å². The van der Waals surface area contributed by atoms with E-state index in [0.29, 0.717) is 6.42 Å². The summed E-state index contributed by atoms with van der Waals surface area (Å²) in [5.41, 5.74) is 3.19. The Bertz CT molecular complexity index is 812. The summed E-state index contributed by atoms with van der Waals surface area (Å²) in [4.78, 5) is 24.9. The predicted octanol–water partition coefficient (Wildman–Crippen LogP) is 4.16. The molecule has 3 rings (SSSR count). The molecule has 2 atom stereocenters. The molecule has 5 heteroatoms. The number of nitrogens with one attached hydrogen (secondary N) is 2. The van der Waals surface area contributed by atoms with Crippen LogP contribution in [0.5, 0.6) is 0 Å². The van der Waals surface area contributed by atoms with Crippen molar-refractivity contribution >= 4 is 23.2 Å². The third-order valence-corrected chi connectivity index (χ3v) is 4.84. The van der Waals surface area contributed by atoms with Crippen LogP contribution in [-0.2, 0) is 22.4 Å². The molecular formula is C21H23FN2O2. The van der Waals surface area contributed by atoms with Crippen LogP contribution in [0, 0.1) is 17.7 Å². The third kappa shape index (κ3) is 3.77. The Morgan fingerprint density at radius 3 is 2.08 bits per heavy atom. The lowest BCUT2D eigenvalue weighted by Gasteiger charge is -2.14. The zero-order valence-corrected chi connectivity index (χ0v) is 15.0. The number of halogens is 1. The van der Waals surface area contributed by atoms with Gasteiger partial charge in [0.05, 0.1) is 17.5 Å². The number of hydrogen-bond donors (Lipinski definition) is 2. The molecule has 2 amide bonds. The van der Waals surface area contributed by atoms with E-state index in [0.717, 1.165) is 29.7 Å². The maximum absolute atomic E-state index is 13.6. The molecule has 26 heavy (non-hydrogen) atoms. The zero-order valence-electron chi connectivity index (χ0n) is 15.0. The van der Waals surface area contributed by atoms with Crippen LogP contribution in [0.15, 0.2) is 42.5 Å². The van der Waals surface area contributed by atoms with Crippen molar-refractivity contribution in [3.63, 3.8) is 0 Å².